The Balaban J connectivity index is 0.000000250. The molecule has 0 unspecified atom stereocenters. The average molecular weight is 889 g/mol. The number of guanidine groups is 2. The summed E-state index contributed by atoms with van der Waals surface area (Å²) in [6.45, 7) is 0. The molecule has 235 valence electrons. The number of hydrogen-bond acceptors (Lipinski definition) is 6. The Bertz CT molecular complexity index is 2110. The monoisotopic (exact) mass is 887 g/mol. The number of nitrogens with two attached hydrogens (primary N) is 4. The van der Waals surface area contributed by atoms with Crippen molar-refractivity contribution in [3.8, 4) is 34.4 Å². The zero-order valence-electron chi connectivity index (χ0n) is 25.1. The Morgan fingerprint density at radius 3 is 1.29 bits per heavy atom. The maximum absolute atomic E-state index is 9.04. The van der Waals surface area contributed by atoms with Gasteiger partial charge in [0.1, 0.15) is 0 Å². The van der Waals surface area contributed by atoms with Crippen LogP contribution in [-0.2, 0) is 0 Å². The van der Waals surface area contributed by atoms with Gasteiger partial charge < -0.3 is 28.4 Å². The maximum atomic E-state index is 9.04. The van der Waals surface area contributed by atoms with Gasteiger partial charge in [0.25, 0.3) is 0 Å². The summed E-state index contributed by atoms with van der Waals surface area (Å²) < 4.78 is 0. The molecule has 0 saturated heterocycles. The van der Waals surface area contributed by atoms with Gasteiger partial charge in [0.15, 0.2) is 23.6 Å². The quantitative estimate of drug-likeness (QED) is 0.124. The molecule has 0 fully saturated rings. The van der Waals surface area contributed by atoms with Crippen LogP contribution >= 0.6 is 23.2 Å². The molecule has 0 aliphatic heterocycles. The van der Waals surface area contributed by atoms with Crippen molar-refractivity contribution in [1.29, 1.82) is 10.5 Å². The molecular formula is C34H26AcCl2N10O. The Morgan fingerprint density at radius 2 is 0.938 bits per heavy atom. The molecule has 10 N–H and O–H groups in total. The third-order valence-corrected chi connectivity index (χ3v) is 7.36. The molecule has 11 nitrogen and oxygen atoms in total. The topological polar surface area (TPSA) is 234 Å². The molecule has 0 spiro atoms. The summed E-state index contributed by atoms with van der Waals surface area (Å²) >= 11 is 12.4. The fourth-order valence-electron chi connectivity index (χ4n) is 4.71. The van der Waals surface area contributed by atoms with Crippen molar-refractivity contribution in [2.75, 3.05) is 0 Å². The van der Waals surface area contributed by atoms with Crippen LogP contribution in [0.15, 0.2) is 107 Å². The van der Waals surface area contributed by atoms with E-state index in [2.05, 4.69) is 32.1 Å². The largest absolute Gasteiger partial charge is 0.412 e. The molecule has 14 heteroatoms. The van der Waals surface area contributed by atoms with Crippen LogP contribution in [0.2, 0.25) is 10.0 Å². The van der Waals surface area contributed by atoms with Crippen LogP contribution in [0.4, 0.5) is 11.6 Å². The maximum Gasteiger partial charge on any atom is 0.192 e. The van der Waals surface area contributed by atoms with E-state index in [1.807, 2.05) is 72.8 Å². The molecular weight excluding hydrogens is 862 g/mol. The first-order chi connectivity index (χ1) is 22.2. The van der Waals surface area contributed by atoms with Crippen LogP contribution in [0, 0.1) is 66.7 Å². The van der Waals surface area contributed by atoms with Crippen LogP contribution < -0.4 is 22.9 Å². The van der Waals surface area contributed by atoms with E-state index >= 15 is 0 Å². The van der Waals surface area contributed by atoms with E-state index < -0.39 is 0 Å². The van der Waals surface area contributed by atoms with E-state index in [0.717, 1.165) is 43.8 Å². The Morgan fingerprint density at radius 1 is 0.562 bits per heavy atom. The molecule has 48 heavy (non-hydrogen) atoms. The van der Waals surface area contributed by atoms with Crippen molar-refractivity contribution in [2.24, 2.45) is 32.9 Å². The number of pyridine rings is 2. The van der Waals surface area contributed by atoms with E-state index in [1.165, 1.54) is 12.4 Å². The predicted molar refractivity (Wildman–Crippen MR) is 188 cm³/mol. The number of hydrogen-bond donors (Lipinski definition) is 4. The number of fused-ring (bicyclic) bond motifs is 2. The van der Waals surface area contributed by atoms with Crippen LogP contribution in [0.1, 0.15) is 11.1 Å². The molecule has 0 atom stereocenters. The molecule has 0 bridgehead atoms. The van der Waals surface area contributed by atoms with E-state index in [9.17, 15) is 0 Å². The van der Waals surface area contributed by atoms with Gasteiger partial charge in [-0.2, -0.15) is 20.5 Å². The standard InChI is InChI=1S/2C17H12ClN5.Ac.H2O/c2*18-15-9-22-16(23-17(20)21)14-7-12(4-5-13(14)15)11-3-1-2-10(6-11)8-19;;/h2*1-7,9H,(H4,20,21,22,23);;1H2. The summed E-state index contributed by atoms with van der Waals surface area (Å²) in [7, 11) is 0. The van der Waals surface area contributed by atoms with Crippen molar-refractivity contribution >= 4 is 68.3 Å². The minimum atomic E-state index is -0.0713. The summed E-state index contributed by atoms with van der Waals surface area (Å²) in [5.74, 6) is 0.668. The minimum Gasteiger partial charge on any atom is -0.412 e. The Hall–Kier alpha value is -4.80. The minimum absolute atomic E-state index is 0. The molecule has 2 heterocycles. The number of nitrogens with zero attached hydrogens (tertiary/aromatic N) is 6. The van der Waals surface area contributed by atoms with Gasteiger partial charge in [-0.1, -0.05) is 71.7 Å². The summed E-state index contributed by atoms with van der Waals surface area (Å²) in [4.78, 5) is 16.5. The average Bonchev–Trinajstić information content (AvgIpc) is 3.07. The van der Waals surface area contributed by atoms with Crippen molar-refractivity contribution in [1.82, 2.24) is 9.97 Å². The third-order valence-electron chi connectivity index (χ3n) is 6.76. The fraction of sp³-hybridized carbons (Fsp3) is 0. The van der Waals surface area contributed by atoms with Gasteiger partial charge in [0, 0.05) is 78.0 Å². The number of aliphatic imine (C=N–C) groups is 2. The van der Waals surface area contributed by atoms with Crippen molar-refractivity contribution in [2.45, 2.75) is 0 Å². The van der Waals surface area contributed by atoms with Crippen LogP contribution in [0.3, 0.4) is 0 Å². The predicted octanol–water partition coefficient (Wildman–Crippen LogP) is 5.84. The van der Waals surface area contributed by atoms with E-state index in [4.69, 9.17) is 56.7 Å². The summed E-state index contributed by atoms with van der Waals surface area (Å²) in [5, 5.41) is 22.2. The second-order valence-corrected chi connectivity index (χ2v) is 10.7. The number of aromatic nitrogens is 2. The molecule has 0 aliphatic rings. The van der Waals surface area contributed by atoms with Gasteiger partial charge in [-0.25, -0.2) is 9.97 Å². The Kier molecular flexibility index (Phi) is 13.2. The van der Waals surface area contributed by atoms with Crippen LogP contribution in [-0.4, -0.2) is 27.4 Å². The third kappa shape index (κ3) is 8.76. The summed E-state index contributed by atoms with van der Waals surface area (Å²) in [5.41, 5.74) is 26.7. The molecule has 4 aromatic carbocycles. The molecule has 0 aliphatic carbocycles. The summed E-state index contributed by atoms with van der Waals surface area (Å²) in [6, 6.07) is 30.4. The molecule has 2 aromatic heterocycles. The molecule has 0 saturated carbocycles. The van der Waals surface area contributed by atoms with Crippen LogP contribution in [0.25, 0.3) is 43.8 Å². The first-order valence-electron chi connectivity index (χ1n) is 13.5. The van der Waals surface area contributed by atoms with Gasteiger partial charge in [-0.05, 0) is 58.7 Å². The smallest absolute Gasteiger partial charge is 0.192 e. The zero-order valence-corrected chi connectivity index (χ0v) is 31.3. The molecule has 0 amide bonds. The summed E-state index contributed by atoms with van der Waals surface area (Å²) in [6.07, 6.45) is 3.03. The first-order valence-corrected chi connectivity index (χ1v) is 14.3. The van der Waals surface area contributed by atoms with Gasteiger partial charge >= 0.3 is 0 Å². The number of halogens is 2. The SMILES string of the molecule is N#Cc1cccc(-c2ccc3c(Cl)cnc(N=C(N)N)c3c2)c1.N#Cc1cccc(-c2ccc3c(Cl)cnc(N=C(N)N)c3c2)c1.O.[Ac]. The van der Waals surface area contributed by atoms with E-state index in [0.29, 0.717) is 32.8 Å². The van der Waals surface area contributed by atoms with Gasteiger partial charge in [-0.15, -0.1) is 0 Å². The van der Waals surface area contributed by atoms with E-state index in [-0.39, 0.29) is 61.5 Å². The van der Waals surface area contributed by atoms with E-state index in [1.54, 1.807) is 12.1 Å². The number of rotatable bonds is 4. The van der Waals surface area contributed by atoms with Crippen LogP contribution in [0.5, 0.6) is 0 Å². The molecule has 6 aromatic rings. The fourth-order valence-corrected chi connectivity index (χ4v) is 5.13. The molecule has 6 rings (SSSR count). The number of nitriles is 2. The van der Waals surface area contributed by atoms with Crippen molar-refractivity contribution in [3.63, 3.8) is 0 Å². The molecule has 1 radical (unpaired) electrons. The number of benzene rings is 4. The Labute approximate surface area is 321 Å². The van der Waals surface area contributed by atoms with Gasteiger partial charge in [0.2, 0.25) is 0 Å². The zero-order chi connectivity index (χ0) is 32.8. The normalized spacial score (nSPS) is 9.83. The van der Waals surface area contributed by atoms with Gasteiger partial charge in [0.05, 0.1) is 33.3 Å². The van der Waals surface area contributed by atoms with Crippen molar-refractivity contribution in [3.05, 3.63) is 118 Å². The first kappa shape index (κ1) is 37.7. The second kappa shape index (κ2) is 16.9. The van der Waals surface area contributed by atoms with Crippen molar-refractivity contribution < 1.29 is 49.5 Å². The van der Waals surface area contributed by atoms with Gasteiger partial charge in [-0.3, -0.25) is 0 Å². The second-order valence-electron chi connectivity index (χ2n) is 9.84.